The summed E-state index contributed by atoms with van der Waals surface area (Å²) in [6.45, 7) is 4.81. The van der Waals surface area contributed by atoms with Crippen LogP contribution in [-0.4, -0.2) is 68.4 Å². The number of ether oxygens (including phenoxy) is 2. The molecule has 1 N–H and O–H groups in total. The molecule has 3 heterocycles. The molecule has 3 saturated heterocycles. The van der Waals surface area contributed by atoms with Gasteiger partial charge in [0.25, 0.3) is 5.91 Å². The second-order valence-electron chi connectivity index (χ2n) is 7.19. The Balaban J connectivity index is 1.50. The molecule has 0 aromatic heterocycles. The summed E-state index contributed by atoms with van der Waals surface area (Å²) in [6.07, 6.45) is 1.96. The number of alkyl carbamates (subject to hydrolysis) is 1. The van der Waals surface area contributed by atoms with E-state index >= 15 is 0 Å². The molecule has 3 aliphatic rings. The van der Waals surface area contributed by atoms with Gasteiger partial charge in [-0.15, -0.1) is 0 Å². The van der Waals surface area contributed by atoms with E-state index in [-0.39, 0.29) is 12.0 Å². The number of amides is 2. The normalized spacial score (nSPS) is 26.4. The maximum Gasteiger partial charge on any atom is 0.407 e. The highest BCUT2D eigenvalue weighted by Gasteiger charge is 2.42. The lowest BCUT2D eigenvalue weighted by atomic mass is 9.95. The van der Waals surface area contributed by atoms with E-state index in [1.54, 1.807) is 0 Å². The van der Waals surface area contributed by atoms with Crippen LogP contribution in [0.3, 0.4) is 0 Å². The third-order valence-corrected chi connectivity index (χ3v) is 5.54. The lowest BCUT2D eigenvalue weighted by Gasteiger charge is -2.31. The number of nitrogens with zero attached hydrogens (tertiary/aromatic N) is 2. The number of anilines is 1. The highest BCUT2D eigenvalue weighted by Crippen LogP contribution is 2.31. The van der Waals surface area contributed by atoms with Crippen molar-refractivity contribution >= 4 is 17.7 Å². The van der Waals surface area contributed by atoms with E-state index in [9.17, 15) is 9.59 Å². The van der Waals surface area contributed by atoms with Crippen LogP contribution in [0, 0.1) is 0 Å². The number of para-hydroxylation sites is 1. The van der Waals surface area contributed by atoms with Crippen LogP contribution in [0.1, 0.15) is 29.6 Å². The lowest BCUT2D eigenvalue weighted by Crippen LogP contribution is -2.39. The molecule has 1 aromatic rings. The van der Waals surface area contributed by atoms with Crippen LogP contribution in [0.25, 0.3) is 0 Å². The number of carbonyl (C=O) groups excluding carboxylic acids is 2. The lowest BCUT2D eigenvalue weighted by molar-refractivity contribution is 0.0438. The minimum Gasteiger partial charge on any atom is -0.441 e. The molecule has 2 amide bonds. The quantitative estimate of drug-likeness (QED) is 0.869. The molecular formula is C19H25N3O4. The summed E-state index contributed by atoms with van der Waals surface area (Å²) < 4.78 is 10.9. The Hall–Kier alpha value is -2.28. The second kappa shape index (κ2) is 7.15. The van der Waals surface area contributed by atoms with Crippen LogP contribution < -0.4 is 10.2 Å². The van der Waals surface area contributed by atoms with Gasteiger partial charge in [0.15, 0.2) is 0 Å². The molecule has 0 bridgehead atoms. The number of hydrogen-bond acceptors (Lipinski definition) is 5. The Labute approximate surface area is 153 Å². The van der Waals surface area contributed by atoms with Crippen molar-refractivity contribution < 1.29 is 19.1 Å². The Bertz CT molecular complexity index is 689. The number of morpholine rings is 1. The average molecular weight is 359 g/mol. The van der Waals surface area contributed by atoms with Crippen molar-refractivity contribution in [3.05, 3.63) is 29.8 Å². The smallest absolute Gasteiger partial charge is 0.407 e. The van der Waals surface area contributed by atoms with E-state index in [0.717, 1.165) is 37.2 Å². The van der Waals surface area contributed by atoms with Crippen molar-refractivity contribution in [2.45, 2.75) is 24.9 Å². The average Bonchev–Trinajstić information content (AvgIpc) is 2.92. The predicted molar refractivity (Wildman–Crippen MR) is 96.4 cm³/mol. The van der Waals surface area contributed by atoms with E-state index in [1.807, 2.05) is 29.2 Å². The van der Waals surface area contributed by atoms with Crippen LogP contribution in [0.2, 0.25) is 0 Å². The Morgan fingerprint density at radius 1 is 1.08 bits per heavy atom. The highest BCUT2D eigenvalue weighted by molar-refractivity contribution is 5.99. The Kier molecular flexibility index (Phi) is 4.72. The van der Waals surface area contributed by atoms with Gasteiger partial charge in [-0.1, -0.05) is 12.1 Å². The first kappa shape index (κ1) is 17.1. The van der Waals surface area contributed by atoms with Gasteiger partial charge < -0.3 is 24.6 Å². The Morgan fingerprint density at radius 3 is 2.65 bits per heavy atom. The molecule has 3 aliphatic heterocycles. The fraction of sp³-hybridized carbons (Fsp3) is 0.579. The Morgan fingerprint density at radius 2 is 1.88 bits per heavy atom. The molecule has 140 valence electrons. The summed E-state index contributed by atoms with van der Waals surface area (Å²) in [5.41, 5.74) is 1.27. The van der Waals surface area contributed by atoms with Gasteiger partial charge in [0.1, 0.15) is 5.60 Å². The van der Waals surface area contributed by atoms with Crippen LogP contribution in [0.4, 0.5) is 10.5 Å². The topological polar surface area (TPSA) is 71.1 Å². The maximum absolute atomic E-state index is 13.2. The molecule has 1 atom stereocenters. The molecule has 3 fully saturated rings. The molecule has 4 rings (SSSR count). The third-order valence-electron chi connectivity index (χ3n) is 5.54. The molecule has 1 aromatic carbocycles. The first-order valence-corrected chi connectivity index (χ1v) is 9.35. The van der Waals surface area contributed by atoms with Gasteiger partial charge in [0.05, 0.1) is 25.3 Å². The summed E-state index contributed by atoms with van der Waals surface area (Å²) in [7, 11) is 0. The van der Waals surface area contributed by atoms with Gasteiger partial charge in [-0.25, -0.2) is 4.79 Å². The van der Waals surface area contributed by atoms with Crippen molar-refractivity contribution in [2.24, 2.45) is 0 Å². The monoisotopic (exact) mass is 359 g/mol. The van der Waals surface area contributed by atoms with Crippen LogP contribution in [0.5, 0.6) is 0 Å². The van der Waals surface area contributed by atoms with Gasteiger partial charge in [-0.2, -0.15) is 0 Å². The molecule has 26 heavy (non-hydrogen) atoms. The van der Waals surface area contributed by atoms with Crippen molar-refractivity contribution in [1.82, 2.24) is 10.2 Å². The van der Waals surface area contributed by atoms with E-state index in [4.69, 9.17) is 9.47 Å². The van der Waals surface area contributed by atoms with E-state index in [0.29, 0.717) is 39.3 Å². The molecule has 7 nitrogen and oxygen atoms in total. The minimum absolute atomic E-state index is 0.0569. The third kappa shape index (κ3) is 3.35. The van der Waals surface area contributed by atoms with Crippen LogP contribution >= 0.6 is 0 Å². The first-order chi connectivity index (χ1) is 12.7. The molecular weight excluding hydrogens is 334 g/mol. The molecule has 7 heteroatoms. The summed E-state index contributed by atoms with van der Waals surface area (Å²) in [5.74, 6) is 0.0569. The number of benzene rings is 1. The highest BCUT2D eigenvalue weighted by atomic mass is 16.6. The van der Waals surface area contributed by atoms with Gasteiger partial charge in [0, 0.05) is 38.3 Å². The fourth-order valence-corrected chi connectivity index (χ4v) is 4.06. The molecule has 0 aliphatic carbocycles. The van der Waals surface area contributed by atoms with Crippen LogP contribution in [-0.2, 0) is 9.47 Å². The fourth-order valence-electron chi connectivity index (χ4n) is 4.06. The van der Waals surface area contributed by atoms with Crippen molar-refractivity contribution in [2.75, 3.05) is 50.8 Å². The van der Waals surface area contributed by atoms with Crippen molar-refractivity contribution in [3.63, 3.8) is 0 Å². The SMILES string of the molecule is O=C1NCC2(CCCN(C(=O)c3ccccc3N3CCOCC3)CC2)O1. The number of rotatable bonds is 2. The standard InChI is InChI=1S/C19H25N3O4/c23-17(15-4-1-2-5-16(15)21-10-12-25-13-11-21)22-8-3-6-19(7-9-22)14-20-18(24)26-19/h1-2,4-5H,3,6-14H2,(H,20,24). The minimum atomic E-state index is -0.449. The summed E-state index contributed by atoms with van der Waals surface area (Å²) in [6, 6.07) is 7.81. The van der Waals surface area contributed by atoms with E-state index < -0.39 is 5.60 Å². The first-order valence-electron chi connectivity index (χ1n) is 9.35. The number of nitrogens with one attached hydrogen (secondary N) is 1. The molecule has 0 saturated carbocycles. The second-order valence-corrected chi connectivity index (χ2v) is 7.19. The van der Waals surface area contributed by atoms with E-state index in [2.05, 4.69) is 10.2 Å². The number of carbonyl (C=O) groups is 2. The molecule has 1 spiro atoms. The zero-order valence-corrected chi connectivity index (χ0v) is 14.9. The zero-order valence-electron chi connectivity index (χ0n) is 14.9. The summed E-state index contributed by atoms with van der Waals surface area (Å²) >= 11 is 0. The molecule has 0 radical (unpaired) electrons. The van der Waals surface area contributed by atoms with Crippen LogP contribution in [0.15, 0.2) is 24.3 Å². The largest absolute Gasteiger partial charge is 0.441 e. The summed E-state index contributed by atoms with van der Waals surface area (Å²) in [5, 5.41) is 2.75. The maximum atomic E-state index is 13.2. The number of likely N-dealkylation sites (tertiary alicyclic amines) is 1. The van der Waals surface area contributed by atoms with Gasteiger partial charge in [0.2, 0.25) is 0 Å². The van der Waals surface area contributed by atoms with Gasteiger partial charge >= 0.3 is 6.09 Å². The molecule has 1 unspecified atom stereocenters. The van der Waals surface area contributed by atoms with Gasteiger partial charge in [-0.05, 0) is 25.0 Å². The zero-order chi connectivity index (χ0) is 18.0. The van der Waals surface area contributed by atoms with E-state index in [1.165, 1.54) is 0 Å². The van der Waals surface area contributed by atoms with Crippen molar-refractivity contribution in [1.29, 1.82) is 0 Å². The van der Waals surface area contributed by atoms with Crippen molar-refractivity contribution in [3.8, 4) is 0 Å². The van der Waals surface area contributed by atoms with Gasteiger partial charge in [-0.3, -0.25) is 4.79 Å². The summed E-state index contributed by atoms with van der Waals surface area (Å²) in [4.78, 5) is 28.8. The number of hydrogen-bond donors (Lipinski definition) is 1. The predicted octanol–water partition coefficient (Wildman–Crippen LogP) is 1.63.